The number of hydrogen-bond acceptors (Lipinski definition) is 1. The third-order valence-electron chi connectivity index (χ3n) is 17.6. The van der Waals surface area contributed by atoms with Crippen molar-refractivity contribution >= 4 is 49.6 Å². The summed E-state index contributed by atoms with van der Waals surface area (Å²) in [5.74, 6) is 0. The van der Waals surface area contributed by atoms with Crippen molar-refractivity contribution < 1.29 is 0 Å². The first-order valence-corrected chi connectivity index (χ1v) is 29.4. The predicted octanol–water partition coefficient (Wildman–Crippen LogP) is 22.1. The molecule has 16 rings (SSSR count). The number of aromatic nitrogens is 1. The van der Waals surface area contributed by atoms with Gasteiger partial charge in [-0.3, -0.25) is 0 Å². The molecule has 0 atom stereocenters. The standard InChI is InChI=1S/C83H56N2/c1-5-21-57(22-6-1)59-37-39-61(40-38-59)66-52-67(64-46-43-58-23-13-14-24-63(58)51-64)54-72(53-66)85-81-36-20-17-33-76(81)77-55-65(47-50-82(77)85)60-41-44-62(45-42-60)73-31-16-19-35-80(73)84(70-29-11-4-12-30-70)71-48-49-75-74-32-15-18-34-78(74)83(79(75)56-71,68-25-7-2-8-26-68)69-27-9-3-10-28-69/h1-56H. The van der Waals surface area contributed by atoms with Gasteiger partial charge >= 0.3 is 0 Å². The van der Waals surface area contributed by atoms with E-state index in [0.717, 1.165) is 45.0 Å². The minimum atomic E-state index is -0.524. The largest absolute Gasteiger partial charge is 0.310 e. The predicted molar refractivity (Wildman–Crippen MR) is 357 cm³/mol. The second-order valence-corrected chi connectivity index (χ2v) is 22.4. The first kappa shape index (κ1) is 49.7. The number of nitrogens with zero attached hydrogens (tertiary/aromatic N) is 2. The molecule has 1 heterocycles. The van der Waals surface area contributed by atoms with E-state index in [1.807, 2.05) is 0 Å². The third-order valence-corrected chi connectivity index (χ3v) is 17.6. The van der Waals surface area contributed by atoms with Gasteiger partial charge in [-0.25, -0.2) is 0 Å². The molecule has 0 saturated heterocycles. The van der Waals surface area contributed by atoms with E-state index in [9.17, 15) is 0 Å². The average Bonchev–Trinajstić information content (AvgIpc) is 1.72. The summed E-state index contributed by atoms with van der Waals surface area (Å²) in [7, 11) is 0. The number of fused-ring (bicyclic) bond motifs is 7. The van der Waals surface area contributed by atoms with Crippen molar-refractivity contribution in [1.82, 2.24) is 4.57 Å². The van der Waals surface area contributed by atoms with Gasteiger partial charge in [0.15, 0.2) is 0 Å². The Kier molecular flexibility index (Phi) is 12.1. The fourth-order valence-corrected chi connectivity index (χ4v) is 13.7. The van der Waals surface area contributed by atoms with Crippen LogP contribution in [0.25, 0.3) is 105 Å². The normalized spacial score (nSPS) is 12.3. The van der Waals surface area contributed by atoms with Gasteiger partial charge in [-0.15, -0.1) is 0 Å². The average molecular weight is 1080 g/mol. The highest BCUT2D eigenvalue weighted by atomic mass is 15.1. The van der Waals surface area contributed by atoms with Crippen molar-refractivity contribution in [3.63, 3.8) is 0 Å². The Morgan fingerprint density at radius 1 is 0.247 bits per heavy atom. The second kappa shape index (κ2) is 20.7. The maximum Gasteiger partial charge on any atom is 0.0714 e. The Balaban J connectivity index is 0.789. The molecule has 0 radical (unpaired) electrons. The number of para-hydroxylation sites is 3. The van der Waals surface area contributed by atoms with Gasteiger partial charge in [0.1, 0.15) is 0 Å². The first-order chi connectivity index (χ1) is 42.1. The lowest BCUT2D eigenvalue weighted by atomic mass is 9.67. The molecule has 0 saturated carbocycles. The van der Waals surface area contributed by atoms with Crippen molar-refractivity contribution in [3.05, 3.63) is 362 Å². The van der Waals surface area contributed by atoms with E-state index < -0.39 is 5.41 Å². The number of benzene rings is 14. The summed E-state index contributed by atoms with van der Waals surface area (Å²) in [4.78, 5) is 2.44. The third kappa shape index (κ3) is 8.49. The number of anilines is 3. The zero-order valence-electron chi connectivity index (χ0n) is 46.7. The maximum absolute atomic E-state index is 2.46. The van der Waals surface area contributed by atoms with Gasteiger partial charge in [-0.05, 0) is 167 Å². The van der Waals surface area contributed by atoms with Crippen molar-refractivity contribution in [2.75, 3.05) is 4.90 Å². The van der Waals surface area contributed by atoms with Gasteiger partial charge in [-0.2, -0.15) is 0 Å². The minimum absolute atomic E-state index is 0.524. The molecule has 14 aromatic carbocycles. The van der Waals surface area contributed by atoms with Crippen LogP contribution in [-0.2, 0) is 5.41 Å². The van der Waals surface area contributed by atoms with E-state index in [4.69, 9.17) is 0 Å². The molecular weight excluding hydrogens is 1020 g/mol. The van der Waals surface area contributed by atoms with Crippen LogP contribution in [0.15, 0.2) is 340 Å². The van der Waals surface area contributed by atoms with Crippen LogP contribution in [0.4, 0.5) is 17.1 Å². The van der Waals surface area contributed by atoms with Crippen molar-refractivity contribution in [1.29, 1.82) is 0 Å². The molecular formula is C83H56N2. The van der Waals surface area contributed by atoms with E-state index in [1.54, 1.807) is 0 Å². The summed E-state index contributed by atoms with van der Waals surface area (Å²) in [5.41, 5.74) is 25.6. The molecule has 0 aliphatic heterocycles. The molecule has 0 N–H and O–H groups in total. The summed E-state index contributed by atoms with van der Waals surface area (Å²) in [6.07, 6.45) is 0. The van der Waals surface area contributed by atoms with Crippen LogP contribution >= 0.6 is 0 Å². The van der Waals surface area contributed by atoms with Gasteiger partial charge in [0.25, 0.3) is 0 Å². The summed E-state index contributed by atoms with van der Waals surface area (Å²) >= 11 is 0. The Morgan fingerprint density at radius 2 is 0.741 bits per heavy atom. The quantitative estimate of drug-likeness (QED) is 0.125. The van der Waals surface area contributed by atoms with Crippen LogP contribution < -0.4 is 4.90 Å². The van der Waals surface area contributed by atoms with E-state index >= 15 is 0 Å². The fourth-order valence-electron chi connectivity index (χ4n) is 13.7. The molecule has 85 heavy (non-hydrogen) atoms. The summed E-state index contributed by atoms with van der Waals surface area (Å²) in [6, 6.07) is 125. The van der Waals surface area contributed by atoms with Gasteiger partial charge in [-0.1, -0.05) is 267 Å². The number of hydrogen-bond donors (Lipinski definition) is 0. The van der Waals surface area contributed by atoms with Crippen LogP contribution in [0.5, 0.6) is 0 Å². The molecule has 0 unspecified atom stereocenters. The SMILES string of the molecule is c1ccc(-c2ccc(-c3cc(-c4ccc5ccccc5c4)cc(-n4c5ccccc5c5cc(-c6ccc(-c7ccccc7N(c7ccccc7)c7ccc8c(c7)C(c7ccccc7)(c7ccccc7)c7ccccc7-8)cc6)ccc54)c3)cc2)cc1. The van der Waals surface area contributed by atoms with Crippen molar-refractivity contribution in [3.8, 4) is 72.4 Å². The molecule has 1 aromatic heterocycles. The smallest absolute Gasteiger partial charge is 0.0714 e. The Morgan fingerprint density at radius 3 is 1.47 bits per heavy atom. The summed E-state index contributed by atoms with van der Waals surface area (Å²) < 4.78 is 2.46. The van der Waals surface area contributed by atoms with Crippen LogP contribution in [0.1, 0.15) is 22.3 Å². The molecule has 0 bridgehead atoms. The monoisotopic (exact) mass is 1080 g/mol. The molecule has 1 aliphatic rings. The van der Waals surface area contributed by atoms with Crippen LogP contribution in [0.2, 0.25) is 0 Å². The van der Waals surface area contributed by atoms with Crippen molar-refractivity contribution in [2.24, 2.45) is 0 Å². The molecule has 15 aromatic rings. The van der Waals surface area contributed by atoms with Gasteiger partial charge < -0.3 is 9.47 Å². The van der Waals surface area contributed by atoms with E-state index in [-0.39, 0.29) is 0 Å². The van der Waals surface area contributed by atoms with Crippen LogP contribution in [-0.4, -0.2) is 4.57 Å². The number of rotatable bonds is 11. The Labute approximate surface area is 496 Å². The molecule has 398 valence electrons. The zero-order chi connectivity index (χ0) is 56.3. The second-order valence-electron chi connectivity index (χ2n) is 22.4. The Bertz CT molecular complexity index is 4930. The lowest BCUT2D eigenvalue weighted by Gasteiger charge is -2.35. The molecule has 2 nitrogen and oxygen atoms in total. The summed E-state index contributed by atoms with van der Waals surface area (Å²) in [6.45, 7) is 0. The van der Waals surface area contributed by atoms with E-state index in [2.05, 4.69) is 349 Å². The molecule has 0 spiro atoms. The van der Waals surface area contributed by atoms with Crippen molar-refractivity contribution in [2.45, 2.75) is 5.41 Å². The molecule has 0 fully saturated rings. The molecule has 1 aliphatic carbocycles. The van der Waals surface area contributed by atoms with Gasteiger partial charge in [0.05, 0.1) is 22.1 Å². The van der Waals surface area contributed by atoms with Gasteiger partial charge in [0, 0.05) is 33.4 Å². The minimum Gasteiger partial charge on any atom is -0.310 e. The molecule has 2 heteroatoms. The lowest BCUT2D eigenvalue weighted by molar-refractivity contribution is 0.768. The van der Waals surface area contributed by atoms with Crippen LogP contribution in [0, 0.1) is 0 Å². The highest BCUT2D eigenvalue weighted by Crippen LogP contribution is 2.57. The fraction of sp³-hybridized carbons (Fsp3) is 0.0120. The lowest BCUT2D eigenvalue weighted by Crippen LogP contribution is -2.28. The highest BCUT2D eigenvalue weighted by molar-refractivity contribution is 6.11. The summed E-state index contributed by atoms with van der Waals surface area (Å²) in [5, 5.41) is 4.90. The van der Waals surface area contributed by atoms with Crippen LogP contribution in [0.3, 0.4) is 0 Å². The maximum atomic E-state index is 2.46. The zero-order valence-corrected chi connectivity index (χ0v) is 46.7. The van der Waals surface area contributed by atoms with Gasteiger partial charge in [0.2, 0.25) is 0 Å². The van der Waals surface area contributed by atoms with E-state index in [1.165, 1.54) is 99.4 Å². The first-order valence-electron chi connectivity index (χ1n) is 29.4. The topological polar surface area (TPSA) is 8.17 Å². The van der Waals surface area contributed by atoms with E-state index in [0.29, 0.717) is 0 Å². The highest BCUT2D eigenvalue weighted by Gasteiger charge is 2.46. The Hall–Kier alpha value is -11.1. The molecule has 0 amide bonds.